The van der Waals surface area contributed by atoms with Crippen molar-refractivity contribution < 1.29 is 32.3 Å². The second kappa shape index (κ2) is 6.37. The van der Waals surface area contributed by atoms with E-state index in [1.807, 2.05) is 0 Å². The van der Waals surface area contributed by atoms with E-state index in [0.29, 0.717) is 20.5 Å². The Morgan fingerprint density at radius 1 is 1.41 bits per heavy atom. The molecule has 27 heavy (non-hydrogen) atoms. The van der Waals surface area contributed by atoms with Gasteiger partial charge >= 0.3 is 18.2 Å². The summed E-state index contributed by atoms with van der Waals surface area (Å²) in [5, 5.41) is 2.04. The number of rotatable bonds is 3. The molecule has 3 rings (SSSR count). The van der Waals surface area contributed by atoms with Gasteiger partial charge in [-0.2, -0.15) is 13.2 Å². The number of imide groups is 1. The van der Waals surface area contributed by atoms with E-state index in [4.69, 9.17) is 11.5 Å². The van der Waals surface area contributed by atoms with Crippen molar-refractivity contribution >= 4 is 45.1 Å². The maximum absolute atomic E-state index is 12.7. The number of nitrogens with two attached hydrogens (primary N) is 2. The lowest BCUT2D eigenvalue weighted by molar-refractivity contribution is -0.213. The van der Waals surface area contributed by atoms with Gasteiger partial charge in [-0.05, 0) is 17.0 Å². The molecule has 0 bridgehead atoms. The predicted octanol–water partition coefficient (Wildman–Crippen LogP) is 1.58. The van der Waals surface area contributed by atoms with Gasteiger partial charge in [0.2, 0.25) is 0 Å². The SMILES string of the molecule is NC(=O)N1CC[C@](Cc2csc3ccnc(N)c23)(OC(=O)C(F)(F)F)C1=O. The van der Waals surface area contributed by atoms with E-state index in [9.17, 15) is 27.6 Å². The standard InChI is InChI=1S/C15H13F3N4O4S/c16-15(17,18)12(24)26-14(2-4-22(11(14)23)13(20)25)5-7-6-27-8-1-3-21-10(19)9(7)8/h1,3,6H,2,4-5H2,(H2,19,21)(H2,20,25)/t14-/m1/s1. The third kappa shape index (κ3) is 3.27. The minimum atomic E-state index is -5.30. The zero-order valence-corrected chi connectivity index (χ0v) is 14.4. The maximum Gasteiger partial charge on any atom is 0.490 e. The highest BCUT2D eigenvalue weighted by atomic mass is 32.1. The Balaban J connectivity index is 2.04. The molecule has 2 aromatic heterocycles. The Morgan fingerprint density at radius 2 is 2.11 bits per heavy atom. The van der Waals surface area contributed by atoms with Gasteiger partial charge in [0, 0.05) is 35.7 Å². The number of alkyl halides is 3. The van der Waals surface area contributed by atoms with Crippen LogP contribution in [-0.4, -0.2) is 46.1 Å². The zero-order chi connectivity index (χ0) is 20.0. The van der Waals surface area contributed by atoms with E-state index in [-0.39, 0.29) is 18.8 Å². The van der Waals surface area contributed by atoms with Gasteiger partial charge in [-0.25, -0.2) is 14.6 Å². The first-order valence-corrected chi connectivity index (χ1v) is 8.45. The van der Waals surface area contributed by atoms with Crippen molar-refractivity contribution in [3.05, 3.63) is 23.2 Å². The van der Waals surface area contributed by atoms with Gasteiger partial charge in [0.1, 0.15) is 5.82 Å². The number of fused-ring (bicyclic) bond motifs is 1. The summed E-state index contributed by atoms with van der Waals surface area (Å²) in [6.45, 7) is -0.269. The lowest BCUT2D eigenvalue weighted by Gasteiger charge is -2.27. The van der Waals surface area contributed by atoms with Gasteiger partial charge in [-0.1, -0.05) is 0 Å². The van der Waals surface area contributed by atoms with Crippen molar-refractivity contribution in [3.63, 3.8) is 0 Å². The minimum Gasteiger partial charge on any atom is -0.442 e. The van der Waals surface area contributed by atoms with Gasteiger partial charge in [-0.3, -0.25) is 9.69 Å². The van der Waals surface area contributed by atoms with Gasteiger partial charge in [0.05, 0.1) is 0 Å². The minimum absolute atomic E-state index is 0.123. The highest BCUT2D eigenvalue weighted by Gasteiger charge is 2.55. The van der Waals surface area contributed by atoms with Crippen LogP contribution in [0.15, 0.2) is 17.6 Å². The molecule has 0 aliphatic carbocycles. The molecule has 3 heterocycles. The van der Waals surface area contributed by atoms with E-state index in [1.165, 1.54) is 17.5 Å². The number of esters is 1. The van der Waals surface area contributed by atoms with Crippen LogP contribution in [0.1, 0.15) is 12.0 Å². The molecule has 1 aliphatic rings. The number of carbonyl (C=O) groups excluding carboxylic acids is 3. The molecule has 0 spiro atoms. The van der Waals surface area contributed by atoms with Crippen LogP contribution in [0.5, 0.6) is 0 Å². The quantitative estimate of drug-likeness (QED) is 0.750. The Hall–Kier alpha value is -2.89. The van der Waals surface area contributed by atoms with Crippen LogP contribution in [0.3, 0.4) is 0 Å². The third-order valence-electron chi connectivity index (χ3n) is 4.23. The van der Waals surface area contributed by atoms with Crippen molar-refractivity contribution in [1.29, 1.82) is 0 Å². The number of amides is 3. The van der Waals surface area contributed by atoms with E-state index in [0.717, 1.165) is 0 Å². The normalized spacial score (nSPS) is 20.3. The summed E-state index contributed by atoms with van der Waals surface area (Å²) in [4.78, 5) is 39.9. The van der Waals surface area contributed by atoms with Crippen LogP contribution < -0.4 is 11.5 Å². The Morgan fingerprint density at radius 3 is 2.70 bits per heavy atom. The topological polar surface area (TPSA) is 129 Å². The molecular weight excluding hydrogens is 389 g/mol. The molecule has 12 heteroatoms. The van der Waals surface area contributed by atoms with E-state index < -0.39 is 36.1 Å². The summed E-state index contributed by atoms with van der Waals surface area (Å²) in [6.07, 6.45) is -4.56. The maximum atomic E-state index is 12.7. The summed E-state index contributed by atoms with van der Waals surface area (Å²) in [5.74, 6) is -3.50. The number of anilines is 1. The zero-order valence-electron chi connectivity index (χ0n) is 13.6. The van der Waals surface area contributed by atoms with E-state index in [1.54, 1.807) is 11.4 Å². The fourth-order valence-corrected chi connectivity index (χ4v) is 3.96. The number of nitrogens with zero attached hydrogens (tertiary/aromatic N) is 2. The highest BCUT2D eigenvalue weighted by Crippen LogP contribution is 2.38. The molecule has 1 saturated heterocycles. The fourth-order valence-electron chi connectivity index (χ4n) is 3.00. The average molecular weight is 402 g/mol. The Bertz CT molecular complexity index is 945. The molecule has 1 fully saturated rings. The number of hydrogen-bond donors (Lipinski definition) is 2. The van der Waals surface area contributed by atoms with Crippen LogP contribution in [-0.2, 0) is 20.7 Å². The first-order chi connectivity index (χ1) is 12.5. The summed E-state index contributed by atoms with van der Waals surface area (Å²) in [6, 6.07) is 0.516. The lowest BCUT2D eigenvalue weighted by Crippen LogP contribution is -2.50. The smallest absolute Gasteiger partial charge is 0.442 e. The molecule has 0 aromatic carbocycles. The van der Waals surface area contributed by atoms with Crippen LogP contribution in [0, 0.1) is 0 Å². The van der Waals surface area contributed by atoms with Crippen LogP contribution in [0.4, 0.5) is 23.8 Å². The molecule has 144 valence electrons. The number of urea groups is 1. The van der Waals surface area contributed by atoms with Gasteiger partial charge < -0.3 is 16.2 Å². The second-order valence-electron chi connectivity index (χ2n) is 5.93. The number of likely N-dealkylation sites (tertiary alicyclic amines) is 1. The summed E-state index contributed by atoms with van der Waals surface area (Å²) in [7, 11) is 0. The summed E-state index contributed by atoms with van der Waals surface area (Å²) < 4.78 is 43.5. The van der Waals surface area contributed by atoms with Crippen molar-refractivity contribution in [1.82, 2.24) is 9.88 Å². The van der Waals surface area contributed by atoms with E-state index in [2.05, 4.69) is 9.72 Å². The number of ether oxygens (including phenoxy) is 1. The fraction of sp³-hybridized carbons (Fsp3) is 0.333. The number of aromatic nitrogens is 1. The predicted molar refractivity (Wildman–Crippen MR) is 88.5 cm³/mol. The molecule has 8 nitrogen and oxygen atoms in total. The number of thiophene rings is 1. The van der Waals surface area contributed by atoms with Crippen molar-refractivity contribution in [3.8, 4) is 0 Å². The molecule has 4 N–H and O–H groups in total. The first kappa shape index (κ1) is 18.9. The Labute approximate surface area is 153 Å². The largest absolute Gasteiger partial charge is 0.490 e. The molecule has 1 atom stereocenters. The van der Waals surface area contributed by atoms with Crippen molar-refractivity contribution in [2.24, 2.45) is 5.73 Å². The van der Waals surface area contributed by atoms with Crippen LogP contribution in [0.25, 0.3) is 10.1 Å². The number of nitrogen functional groups attached to an aromatic ring is 1. The second-order valence-corrected chi connectivity index (χ2v) is 6.84. The highest BCUT2D eigenvalue weighted by molar-refractivity contribution is 7.17. The van der Waals surface area contributed by atoms with Gasteiger partial charge in [0.15, 0.2) is 5.60 Å². The number of carbonyl (C=O) groups is 3. The number of pyridine rings is 1. The average Bonchev–Trinajstić information content (AvgIpc) is 3.10. The molecule has 0 radical (unpaired) electrons. The Kier molecular flexibility index (Phi) is 4.46. The van der Waals surface area contributed by atoms with Crippen molar-refractivity contribution in [2.75, 3.05) is 12.3 Å². The third-order valence-corrected chi connectivity index (χ3v) is 5.22. The van der Waals surface area contributed by atoms with Crippen LogP contribution >= 0.6 is 11.3 Å². The lowest BCUT2D eigenvalue weighted by atomic mass is 9.92. The summed E-state index contributed by atoms with van der Waals surface area (Å²) >= 11 is 1.24. The summed E-state index contributed by atoms with van der Waals surface area (Å²) in [5.41, 5.74) is 9.10. The van der Waals surface area contributed by atoms with Crippen LogP contribution in [0.2, 0.25) is 0 Å². The monoisotopic (exact) mass is 402 g/mol. The molecule has 3 amide bonds. The van der Waals surface area contributed by atoms with Crippen molar-refractivity contribution in [2.45, 2.75) is 24.6 Å². The molecule has 0 unspecified atom stereocenters. The van der Waals surface area contributed by atoms with Gasteiger partial charge in [-0.15, -0.1) is 11.3 Å². The number of hydrogen-bond acceptors (Lipinski definition) is 7. The molecule has 0 saturated carbocycles. The molecule has 2 aromatic rings. The number of halogens is 3. The number of primary amides is 1. The first-order valence-electron chi connectivity index (χ1n) is 7.57. The molecular formula is C15H13F3N4O4S. The van der Waals surface area contributed by atoms with E-state index >= 15 is 0 Å². The van der Waals surface area contributed by atoms with Gasteiger partial charge in [0.25, 0.3) is 5.91 Å². The molecule has 1 aliphatic heterocycles.